The molecule has 0 saturated heterocycles. The molecule has 2 heterocycles. The summed E-state index contributed by atoms with van der Waals surface area (Å²) < 4.78 is 18.0. The lowest BCUT2D eigenvalue weighted by Crippen LogP contribution is -2.15. The van der Waals surface area contributed by atoms with E-state index in [9.17, 15) is 4.79 Å². The summed E-state index contributed by atoms with van der Waals surface area (Å²) in [5.41, 5.74) is 1.72. The average Bonchev–Trinajstić information content (AvgIpc) is 3.35. The van der Waals surface area contributed by atoms with Crippen LogP contribution in [0.15, 0.2) is 60.0 Å². The first kappa shape index (κ1) is 18.2. The van der Waals surface area contributed by atoms with Gasteiger partial charge >= 0.3 is 0 Å². The predicted molar refractivity (Wildman–Crippen MR) is 106 cm³/mol. The van der Waals surface area contributed by atoms with Crippen LogP contribution in [0.25, 0.3) is 0 Å². The molecule has 28 heavy (non-hydrogen) atoms. The number of hydrogen-bond donors (Lipinski definition) is 1. The average molecular weight is 397 g/mol. The highest BCUT2D eigenvalue weighted by Crippen LogP contribution is 2.33. The van der Waals surface area contributed by atoms with Crippen LogP contribution in [-0.2, 0) is 11.3 Å². The van der Waals surface area contributed by atoms with Crippen molar-refractivity contribution in [1.29, 1.82) is 0 Å². The van der Waals surface area contributed by atoms with Crippen LogP contribution in [0.3, 0.4) is 0 Å². The number of methoxy groups -OCH3 is 1. The van der Waals surface area contributed by atoms with Crippen LogP contribution in [0.1, 0.15) is 5.56 Å². The van der Waals surface area contributed by atoms with Gasteiger partial charge in [-0.2, -0.15) is 0 Å². The summed E-state index contributed by atoms with van der Waals surface area (Å²) in [6.07, 6.45) is 3.62. The monoisotopic (exact) mass is 397 g/mol. The van der Waals surface area contributed by atoms with E-state index in [1.165, 1.54) is 11.8 Å². The third kappa shape index (κ3) is 4.07. The number of nitrogens with zero attached hydrogens (tertiary/aromatic N) is 2. The van der Waals surface area contributed by atoms with Crippen LogP contribution < -0.4 is 19.5 Å². The van der Waals surface area contributed by atoms with Gasteiger partial charge in [-0.15, -0.1) is 0 Å². The number of benzene rings is 2. The van der Waals surface area contributed by atoms with Crippen molar-refractivity contribution >= 4 is 23.4 Å². The van der Waals surface area contributed by atoms with Gasteiger partial charge in [0.15, 0.2) is 16.7 Å². The fourth-order valence-electron chi connectivity index (χ4n) is 2.86. The lowest BCUT2D eigenvalue weighted by molar-refractivity contribution is -0.113. The fourth-order valence-corrected chi connectivity index (χ4v) is 3.62. The molecule has 0 fully saturated rings. The third-order valence-electron chi connectivity index (χ3n) is 4.18. The minimum atomic E-state index is -0.118. The molecular formula is C20H19N3O4S. The van der Waals surface area contributed by atoms with Crippen molar-refractivity contribution in [3.05, 3.63) is 60.4 Å². The van der Waals surface area contributed by atoms with Crippen LogP contribution >= 0.6 is 11.8 Å². The minimum Gasteiger partial charge on any atom is -0.495 e. The Balaban J connectivity index is 1.37. The SMILES string of the molecule is COc1ccccc1NC(=O)CSc1nccn1Cc1ccc2c(c1)OCO2. The number of aromatic nitrogens is 2. The molecule has 0 unspecified atom stereocenters. The van der Waals surface area contributed by atoms with E-state index in [2.05, 4.69) is 10.3 Å². The highest BCUT2D eigenvalue weighted by molar-refractivity contribution is 7.99. The highest BCUT2D eigenvalue weighted by atomic mass is 32.2. The minimum absolute atomic E-state index is 0.118. The molecule has 0 aliphatic carbocycles. The van der Waals surface area contributed by atoms with Crippen molar-refractivity contribution in [2.75, 3.05) is 25.0 Å². The number of rotatable bonds is 7. The number of carbonyl (C=O) groups is 1. The molecule has 1 aromatic heterocycles. The molecule has 0 atom stereocenters. The molecule has 3 aromatic rings. The van der Waals surface area contributed by atoms with Gasteiger partial charge in [0.05, 0.1) is 18.6 Å². The van der Waals surface area contributed by atoms with E-state index in [0.29, 0.717) is 18.0 Å². The maximum atomic E-state index is 12.3. The summed E-state index contributed by atoms with van der Waals surface area (Å²) in [4.78, 5) is 16.7. The van der Waals surface area contributed by atoms with Gasteiger partial charge < -0.3 is 24.1 Å². The van der Waals surface area contributed by atoms with Crippen LogP contribution in [0.4, 0.5) is 5.69 Å². The summed E-state index contributed by atoms with van der Waals surface area (Å²) in [5.74, 6) is 2.27. The molecule has 0 radical (unpaired) electrons. The standard InChI is InChI=1S/C20H19N3O4S/c1-25-16-5-3-2-4-15(16)22-19(24)12-28-20-21-8-9-23(20)11-14-6-7-17-18(10-14)27-13-26-17/h2-10H,11-13H2,1H3,(H,22,24). The van der Waals surface area contributed by atoms with E-state index in [4.69, 9.17) is 14.2 Å². The summed E-state index contributed by atoms with van der Waals surface area (Å²) in [5, 5.41) is 3.64. The summed E-state index contributed by atoms with van der Waals surface area (Å²) >= 11 is 1.38. The molecule has 0 saturated carbocycles. The Morgan fingerprint density at radius 2 is 2.11 bits per heavy atom. The second-order valence-electron chi connectivity index (χ2n) is 6.06. The first-order valence-corrected chi connectivity index (χ1v) is 9.67. The predicted octanol–water partition coefficient (Wildman–Crippen LogP) is 3.40. The van der Waals surface area contributed by atoms with Crippen LogP contribution in [0.5, 0.6) is 17.2 Å². The Morgan fingerprint density at radius 3 is 3.00 bits per heavy atom. The van der Waals surface area contributed by atoms with Crippen molar-refractivity contribution in [3.63, 3.8) is 0 Å². The number of para-hydroxylation sites is 2. The summed E-state index contributed by atoms with van der Waals surface area (Å²) in [6.45, 7) is 0.888. The number of hydrogen-bond acceptors (Lipinski definition) is 6. The zero-order valence-corrected chi connectivity index (χ0v) is 16.1. The molecule has 8 heteroatoms. The lowest BCUT2D eigenvalue weighted by Gasteiger charge is -2.10. The van der Waals surface area contributed by atoms with Gasteiger partial charge in [0.2, 0.25) is 12.7 Å². The molecule has 144 valence electrons. The Labute approximate surface area is 166 Å². The highest BCUT2D eigenvalue weighted by Gasteiger charge is 2.15. The quantitative estimate of drug-likeness (QED) is 0.616. The largest absolute Gasteiger partial charge is 0.495 e. The number of nitrogens with one attached hydrogen (secondary N) is 1. The van der Waals surface area contributed by atoms with Crippen molar-refractivity contribution < 1.29 is 19.0 Å². The van der Waals surface area contributed by atoms with Crippen molar-refractivity contribution in [2.24, 2.45) is 0 Å². The maximum Gasteiger partial charge on any atom is 0.234 e. The number of anilines is 1. The molecule has 7 nitrogen and oxygen atoms in total. The van der Waals surface area contributed by atoms with Crippen LogP contribution in [0.2, 0.25) is 0 Å². The number of thioether (sulfide) groups is 1. The van der Waals surface area contributed by atoms with Crippen LogP contribution in [-0.4, -0.2) is 35.1 Å². The van der Waals surface area contributed by atoms with Crippen molar-refractivity contribution in [3.8, 4) is 17.2 Å². The molecule has 0 spiro atoms. The Kier molecular flexibility index (Phi) is 5.38. The third-order valence-corrected chi connectivity index (χ3v) is 5.19. The first-order valence-electron chi connectivity index (χ1n) is 8.68. The van der Waals surface area contributed by atoms with E-state index in [1.54, 1.807) is 19.4 Å². The second-order valence-corrected chi connectivity index (χ2v) is 7.00. The maximum absolute atomic E-state index is 12.3. The Hall–Kier alpha value is -3.13. The van der Waals surface area contributed by atoms with Gasteiger partial charge in [0.1, 0.15) is 5.75 Å². The van der Waals surface area contributed by atoms with Crippen molar-refractivity contribution in [2.45, 2.75) is 11.7 Å². The summed E-state index contributed by atoms with van der Waals surface area (Å²) in [7, 11) is 1.58. The van der Waals surface area contributed by atoms with E-state index in [1.807, 2.05) is 47.2 Å². The normalized spacial score (nSPS) is 12.0. The molecule has 2 aromatic carbocycles. The summed E-state index contributed by atoms with van der Waals surface area (Å²) in [6, 6.07) is 13.2. The van der Waals surface area contributed by atoms with Gasteiger partial charge in [-0.25, -0.2) is 4.98 Å². The van der Waals surface area contributed by atoms with Gasteiger partial charge in [-0.3, -0.25) is 4.79 Å². The Morgan fingerprint density at radius 1 is 1.25 bits per heavy atom. The topological polar surface area (TPSA) is 74.6 Å². The molecule has 1 aliphatic heterocycles. The van der Waals surface area contributed by atoms with Gasteiger partial charge in [-0.1, -0.05) is 30.0 Å². The van der Waals surface area contributed by atoms with Gasteiger partial charge in [0, 0.05) is 18.9 Å². The van der Waals surface area contributed by atoms with E-state index in [0.717, 1.165) is 22.2 Å². The zero-order chi connectivity index (χ0) is 19.3. The van der Waals surface area contributed by atoms with Crippen molar-refractivity contribution in [1.82, 2.24) is 9.55 Å². The molecule has 1 N–H and O–H groups in total. The number of fused-ring (bicyclic) bond motifs is 1. The lowest BCUT2D eigenvalue weighted by atomic mass is 10.2. The smallest absolute Gasteiger partial charge is 0.234 e. The number of amides is 1. The van der Waals surface area contributed by atoms with Gasteiger partial charge in [-0.05, 0) is 29.8 Å². The van der Waals surface area contributed by atoms with E-state index < -0.39 is 0 Å². The Bertz CT molecular complexity index is 989. The first-order chi connectivity index (χ1) is 13.7. The molecule has 1 amide bonds. The number of imidazole rings is 1. The molecule has 4 rings (SSSR count). The molecular weight excluding hydrogens is 378 g/mol. The van der Waals surface area contributed by atoms with E-state index in [-0.39, 0.29) is 18.5 Å². The number of carbonyl (C=O) groups excluding carboxylic acids is 1. The second kappa shape index (κ2) is 8.26. The number of ether oxygens (including phenoxy) is 3. The molecule has 0 bridgehead atoms. The van der Waals surface area contributed by atoms with Crippen LogP contribution in [0, 0.1) is 0 Å². The molecule has 1 aliphatic rings. The van der Waals surface area contributed by atoms with E-state index >= 15 is 0 Å². The zero-order valence-electron chi connectivity index (χ0n) is 15.3. The van der Waals surface area contributed by atoms with Gasteiger partial charge in [0.25, 0.3) is 0 Å². The fraction of sp³-hybridized carbons (Fsp3) is 0.200.